The molecule has 0 saturated carbocycles. The van der Waals surface area contributed by atoms with Gasteiger partial charge in [0.15, 0.2) is 11.6 Å². The molecule has 1 aromatic rings. The summed E-state index contributed by atoms with van der Waals surface area (Å²) in [5.74, 6) is -0.115. The highest BCUT2D eigenvalue weighted by molar-refractivity contribution is 9.10. The Hall–Kier alpha value is -2.01. The smallest absolute Gasteiger partial charge is 0.221 e. The van der Waals surface area contributed by atoms with Crippen LogP contribution in [0.4, 0.5) is 5.69 Å². The van der Waals surface area contributed by atoms with Gasteiger partial charge in [0, 0.05) is 35.5 Å². The van der Waals surface area contributed by atoms with Gasteiger partial charge in [0.05, 0.1) is 0 Å². The number of amides is 1. The average Bonchev–Trinajstić information content (AvgIpc) is 2.48. The molecule has 0 spiro atoms. The fraction of sp³-hybridized carbons (Fsp3) is 0.350. The molecule has 0 aromatic heterocycles. The number of ketones is 2. The van der Waals surface area contributed by atoms with E-state index in [9.17, 15) is 14.4 Å². The van der Waals surface area contributed by atoms with E-state index in [1.807, 2.05) is 26.8 Å². The van der Waals surface area contributed by atoms with Crippen LogP contribution in [-0.4, -0.2) is 17.5 Å². The average molecular weight is 404 g/mol. The standard InChI is InChI=1S/C20H22BrNO3/c1-11-7-12(2)16(20(25)8-11)5-6-19(24)17-9-15(21)10-18(13(17)3)22-14(4)23/h7,9-10H,5-6,8H2,1-4H3,(H,22,23). The third-order valence-corrected chi connectivity index (χ3v) is 4.76. The SMILES string of the molecule is CC(=O)Nc1cc(Br)cc(C(=O)CCC2=C(C)C=C(C)CC2=O)c1C. The molecule has 0 fully saturated rings. The van der Waals surface area contributed by atoms with E-state index in [4.69, 9.17) is 0 Å². The van der Waals surface area contributed by atoms with E-state index in [2.05, 4.69) is 21.2 Å². The van der Waals surface area contributed by atoms with Crippen LogP contribution in [0.1, 0.15) is 56.0 Å². The minimum Gasteiger partial charge on any atom is -0.326 e. The normalized spacial score (nSPS) is 14.4. The predicted molar refractivity (Wildman–Crippen MR) is 103 cm³/mol. The molecule has 0 heterocycles. The molecule has 132 valence electrons. The predicted octanol–water partition coefficient (Wildman–Crippen LogP) is 4.91. The van der Waals surface area contributed by atoms with Gasteiger partial charge in [-0.3, -0.25) is 14.4 Å². The Morgan fingerprint density at radius 2 is 1.88 bits per heavy atom. The van der Waals surface area contributed by atoms with E-state index >= 15 is 0 Å². The van der Waals surface area contributed by atoms with Gasteiger partial charge in [-0.1, -0.05) is 27.6 Å². The molecule has 2 rings (SSSR count). The highest BCUT2D eigenvalue weighted by atomic mass is 79.9. The summed E-state index contributed by atoms with van der Waals surface area (Å²) in [6.07, 6.45) is 3.15. The van der Waals surface area contributed by atoms with Crippen LogP contribution in [0.2, 0.25) is 0 Å². The van der Waals surface area contributed by atoms with Crippen LogP contribution in [0.25, 0.3) is 0 Å². The summed E-state index contributed by atoms with van der Waals surface area (Å²) >= 11 is 3.38. The summed E-state index contributed by atoms with van der Waals surface area (Å²) in [6, 6.07) is 3.54. The monoisotopic (exact) mass is 403 g/mol. The zero-order valence-corrected chi connectivity index (χ0v) is 16.5. The lowest BCUT2D eigenvalue weighted by Crippen LogP contribution is -2.13. The van der Waals surface area contributed by atoms with Crippen LogP contribution in [0, 0.1) is 6.92 Å². The van der Waals surface area contributed by atoms with Gasteiger partial charge in [0.1, 0.15) is 0 Å². The summed E-state index contributed by atoms with van der Waals surface area (Å²) in [4.78, 5) is 36.2. The molecular formula is C20H22BrNO3. The van der Waals surface area contributed by atoms with Gasteiger partial charge >= 0.3 is 0 Å². The van der Waals surface area contributed by atoms with E-state index in [0.29, 0.717) is 24.1 Å². The number of halogens is 1. The molecule has 25 heavy (non-hydrogen) atoms. The number of anilines is 1. The largest absolute Gasteiger partial charge is 0.326 e. The molecule has 5 heteroatoms. The van der Waals surface area contributed by atoms with Gasteiger partial charge in [-0.25, -0.2) is 0 Å². The van der Waals surface area contributed by atoms with Crippen LogP contribution < -0.4 is 5.32 Å². The maximum Gasteiger partial charge on any atom is 0.221 e. The van der Waals surface area contributed by atoms with Crippen LogP contribution in [0.15, 0.2) is 39.4 Å². The van der Waals surface area contributed by atoms with Crippen LogP contribution in [-0.2, 0) is 9.59 Å². The number of hydrogen-bond acceptors (Lipinski definition) is 3. The zero-order chi connectivity index (χ0) is 18.7. The lowest BCUT2D eigenvalue weighted by atomic mass is 9.88. The lowest BCUT2D eigenvalue weighted by molar-refractivity contribution is -0.115. The lowest BCUT2D eigenvalue weighted by Gasteiger charge is -2.16. The number of allylic oxidation sites excluding steroid dienone is 4. The molecular weight excluding hydrogens is 382 g/mol. The molecule has 0 saturated heterocycles. The summed E-state index contributed by atoms with van der Waals surface area (Å²) in [6.45, 7) is 7.10. The van der Waals surface area contributed by atoms with Crippen molar-refractivity contribution in [2.45, 2.75) is 47.0 Å². The van der Waals surface area contributed by atoms with Crippen molar-refractivity contribution in [3.8, 4) is 0 Å². The fourth-order valence-corrected chi connectivity index (χ4v) is 3.54. The van der Waals surface area contributed by atoms with Crippen molar-refractivity contribution in [3.63, 3.8) is 0 Å². The second-order valence-corrected chi connectivity index (χ2v) is 7.40. The van der Waals surface area contributed by atoms with Crippen molar-refractivity contribution in [3.05, 3.63) is 50.5 Å². The molecule has 0 bridgehead atoms. The maximum absolute atomic E-state index is 12.7. The van der Waals surface area contributed by atoms with Crippen LogP contribution in [0.3, 0.4) is 0 Å². The molecule has 0 atom stereocenters. The molecule has 1 aliphatic carbocycles. The van der Waals surface area contributed by atoms with Gasteiger partial charge in [0.2, 0.25) is 5.91 Å². The van der Waals surface area contributed by atoms with Gasteiger partial charge in [-0.15, -0.1) is 0 Å². The number of carbonyl (C=O) groups excluding carboxylic acids is 3. The van der Waals surface area contributed by atoms with Crippen molar-refractivity contribution >= 4 is 39.1 Å². The van der Waals surface area contributed by atoms with Crippen molar-refractivity contribution in [1.82, 2.24) is 0 Å². The Balaban J connectivity index is 2.22. The third kappa shape index (κ3) is 4.75. The first-order valence-electron chi connectivity index (χ1n) is 8.20. The fourth-order valence-electron chi connectivity index (χ4n) is 3.09. The molecule has 1 N–H and O–H groups in total. The van der Waals surface area contributed by atoms with Gasteiger partial charge in [0.25, 0.3) is 0 Å². The van der Waals surface area contributed by atoms with E-state index in [-0.39, 0.29) is 23.9 Å². The highest BCUT2D eigenvalue weighted by Gasteiger charge is 2.20. The number of nitrogens with one attached hydrogen (secondary N) is 1. The van der Waals surface area contributed by atoms with Crippen LogP contribution >= 0.6 is 15.9 Å². The molecule has 0 aliphatic heterocycles. The summed E-state index contributed by atoms with van der Waals surface area (Å²) in [5, 5.41) is 2.74. The number of hydrogen-bond donors (Lipinski definition) is 1. The van der Waals surface area contributed by atoms with Gasteiger partial charge in [-0.05, 0) is 56.0 Å². The Kier molecular flexibility index (Phi) is 6.11. The second kappa shape index (κ2) is 7.91. The Bertz CT molecular complexity index is 818. The van der Waals surface area contributed by atoms with Gasteiger partial charge in [-0.2, -0.15) is 0 Å². The molecule has 1 aromatic carbocycles. The Morgan fingerprint density at radius 3 is 2.48 bits per heavy atom. The highest BCUT2D eigenvalue weighted by Crippen LogP contribution is 2.28. The first kappa shape index (κ1) is 19.3. The number of carbonyl (C=O) groups is 3. The Morgan fingerprint density at radius 1 is 1.20 bits per heavy atom. The number of rotatable bonds is 5. The topological polar surface area (TPSA) is 63.2 Å². The summed E-state index contributed by atoms with van der Waals surface area (Å²) < 4.78 is 0.730. The molecule has 0 radical (unpaired) electrons. The molecule has 1 aliphatic rings. The summed E-state index contributed by atoms with van der Waals surface area (Å²) in [5.41, 5.74) is 4.67. The van der Waals surface area contributed by atoms with E-state index in [1.165, 1.54) is 6.92 Å². The van der Waals surface area contributed by atoms with Crippen molar-refractivity contribution in [1.29, 1.82) is 0 Å². The quantitative estimate of drug-likeness (QED) is 0.709. The van der Waals surface area contributed by atoms with Crippen LogP contribution in [0.5, 0.6) is 0 Å². The van der Waals surface area contributed by atoms with E-state index in [1.54, 1.807) is 12.1 Å². The Labute approximate surface area is 156 Å². The summed E-state index contributed by atoms with van der Waals surface area (Å²) in [7, 11) is 0. The van der Waals surface area contributed by atoms with Crippen molar-refractivity contribution < 1.29 is 14.4 Å². The molecule has 0 unspecified atom stereocenters. The second-order valence-electron chi connectivity index (χ2n) is 6.48. The van der Waals surface area contributed by atoms with E-state index < -0.39 is 0 Å². The van der Waals surface area contributed by atoms with Crippen molar-refractivity contribution in [2.75, 3.05) is 5.32 Å². The molecule has 4 nitrogen and oxygen atoms in total. The number of benzene rings is 1. The van der Waals surface area contributed by atoms with Gasteiger partial charge < -0.3 is 5.32 Å². The van der Waals surface area contributed by atoms with Crippen molar-refractivity contribution in [2.24, 2.45) is 0 Å². The third-order valence-electron chi connectivity index (χ3n) is 4.30. The first-order valence-corrected chi connectivity index (χ1v) is 8.99. The van der Waals surface area contributed by atoms with E-state index in [0.717, 1.165) is 26.8 Å². The minimum absolute atomic E-state index is 0.0372. The zero-order valence-electron chi connectivity index (χ0n) is 15.0. The molecule has 1 amide bonds. The maximum atomic E-state index is 12.7. The first-order chi connectivity index (χ1) is 11.7. The number of Topliss-reactive ketones (excluding diaryl/α,β-unsaturated/α-hetero) is 2. The minimum atomic E-state index is -0.185.